The molecule has 1 unspecified atom stereocenters. The molecule has 0 aromatic heterocycles. The van der Waals surface area contributed by atoms with Crippen molar-refractivity contribution in [3.63, 3.8) is 0 Å². The smallest absolute Gasteiger partial charge is 0.310 e. The number of hydrogen-bond acceptors (Lipinski definition) is 4. The van der Waals surface area contributed by atoms with Gasteiger partial charge in [-0.05, 0) is 12.8 Å². The van der Waals surface area contributed by atoms with Gasteiger partial charge in [0.2, 0.25) is 5.91 Å². The second-order valence-electron chi connectivity index (χ2n) is 5.79. The molecule has 1 aliphatic rings. The van der Waals surface area contributed by atoms with Gasteiger partial charge in [-0.3, -0.25) is 9.59 Å². The molecule has 21 heavy (non-hydrogen) atoms. The van der Waals surface area contributed by atoms with Crippen molar-refractivity contribution in [3.05, 3.63) is 0 Å². The van der Waals surface area contributed by atoms with Crippen molar-refractivity contribution in [1.82, 2.24) is 5.32 Å². The van der Waals surface area contributed by atoms with Gasteiger partial charge in [-0.15, -0.1) is 0 Å². The van der Waals surface area contributed by atoms with Crippen molar-refractivity contribution >= 4 is 11.9 Å². The summed E-state index contributed by atoms with van der Waals surface area (Å²) in [6.07, 6.45) is 4.86. The normalized spacial score (nSPS) is 19.5. The van der Waals surface area contributed by atoms with Gasteiger partial charge in [-0.25, -0.2) is 0 Å². The number of carbonyl (C=O) groups is 2. The first-order chi connectivity index (χ1) is 10.0. The molecule has 1 fully saturated rings. The molecule has 0 aromatic rings. The Morgan fingerprint density at radius 3 is 2.29 bits per heavy atom. The summed E-state index contributed by atoms with van der Waals surface area (Å²) >= 11 is 0. The molecule has 1 amide bonds. The van der Waals surface area contributed by atoms with Gasteiger partial charge in [-0.1, -0.05) is 25.7 Å². The predicted octanol–water partition coefficient (Wildman–Crippen LogP) is 1.58. The Balaban J connectivity index is 2.54. The van der Waals surface area contributed by atoms with Crippen LogP contribution in [0, 0.1) is 5.41 Å². The molecule has 0 bridgehead atoms. The van der Waals surface area contributed by atoms with E-state index >= 15 is 0 Å². The minimum atomic E-state index is -0.898. The highest BCUT2D eigenvalue weighted by Gasteiger charge is 2.40. The SMILES string of the molecule is COCC(CNC(=O)CC1(C(=O)O)CCCCCC1)OC. The Bertz CT molecular complexity index is 337. The average molecular weight is 301 g/mol. The summed E-state index contributed by atoms with van der Waals surface area (Å²) in [7, 11) is 3.12. The van der Waals surface area contributed by atoms with E-state index in [4.69, 9.17) is 9.47 Å². The molecule has 122 valence electrons. The van der Waals surface area contributed by atoms with Crippen LogP contribution in [0.1, 0.15) is 44.9 Å². The predicted molar refractivity (Wildman–Crippen MR) is 78.1 cm³/mol. The number of rotatable bonds is 8. The zero-order valence-corrected chi connectivity index (χ0v) is 13.0. The lowest BCUT2D eigenvalue weighted by Crippen LogP contribution is -2.41. The van der Waals surface area contributed by atoms with Crippen LogP contribution in [0.25, 0.3) is 0 Å². The Morgan fingerprint density at radius 1 is 1.19 bits per heavy atom. The topological polar surface area (TPSA) is 84.9 Å². The first kappa shape index (κ1) is 17.9. The fourth-order valence-electron chi connectivity index (χ4n) is 2.87. The fourth-order valence-corrected chi connectivity index (χ4v) is 2.87. The fraction of sp³-hybridized carbons (Fsp3) is 0.867. The molecule has 0 heterocycles. The maximum atomic E-state index is 12.1. The highest BCUT2D eigenvalue weighted by atomic mass is 16.5. The quantitative estimate of drug-likeness (QED) is 0.665. The highest BCUT2D eigenvalue weighted by molar-refractivity contribution is 5.85. The summed E-state index contributed by atoms with van der Waals surface area (Å²) < 4.78 is 10.1. The van der Waals surface area contributed by atoms with E-state index < -0.39 is 11.4 Å². The molecular formula is C15H27NO5. The van der Waals surface area contributed by atoms with E-state index in [2.05, 4.69) is 5.32 Å². The lowest BCUT2D eigenvalue weighted by Gasteiger charge is -2.27. The number of methoxy groups -OCH3 is 2. The molecule has 0 radical (unpaired) electrons. The molecule has 0 aliphatic heterocycles. The number of amides is 1. The summed E-state index contributed by atoms with van der Waals surface area (Å²) in [6.45, 7) is 0.722. The largest absolute Gasteiger partial charge is 0.481 e. The summed E-state index contributed by atoms with van der Waals surface area (Å²) in [5, 5.41) is 12.3. The number of carboxylic acid groups (broad SMARTS) is 1. The maximum absolute atomic E-state index is 12.1. The zero-order chi connectivity index (χ0) is 15.7. The van der Waals surface area contributed by atoms with Crippen molar-refractivity contribution < 1.29 is 24.2 Å². The Morgan fingerprint density at radius 2 is 1.81 bits per heavy atom. The van der Waals surface area contributed by atoms with Gasteiger partial charge in [-0.2, -0.15) is 0 Å². The van der Waals surface area contributed by atoms with Gasteiger partial charge in [0.25, 0.3) is 0 Å². The van der Waals surface area contributed by atoms with Crippen molar-refractivity contribution in [2.45, 2.75) is 51.0 Å². The number of aliphatic carboxylic acids is 1. The van der Waals surface area contributed by atoms with Crippen molar-refractivity contribution in [2.75, 3.05) is 27.4 Å². The van der Waals surface area contributed by atoms with Crippen LogP contribution >= 0.6 is 0 Å². The van der Waals surface area contributed by atoms with E-state index in [1.807, 2.05) is 0 Å². The van der Waals surface area contributed by atoms with Crippen LogP contribution in [-0.4, -0.2) is 50.5 Å². The van der Waals surface area contributed by atoms with E-state index in [9.17, 15) is 14.7 Å². The summed E-state index contributed by atoms with van der Waals surface area (Å²) in [4.78, 5) is 23.7. The average Bonchev–Trinajstić information content (AvgIpc) is 2.70. The molecule has 0 spiro atoms. The standard InChI is InChI=1S/C15H27NO5/c1-20-11-12(21-2)10-16-13(17)9-15(14(18)19)7-5-3-4-6-8-15/h12H,3-11H2,1-2H3,(H,16,17)(H,18,19). The van der Waals surface area contributed by atoms with Gasteiger partial charge in [0.05, 0.1) is 18.1 Å². The van der Waals surface area contributed by atoms with Gasteiger partial charge < -0.3 is 19.9 Å². The minimum Gasteiger partial charge on any atom is -0.481 e. The summed E-state index contributed by atoms with van der Waals surface area (Å²) in [5.74, 6) is -1.07. The van der Waals surface area contributed by atoms with E-state index in [0.717, 1.165) is 25.7 Å². The second kappa shape index (κ2) is 9.00. The van der Waals surface area contributed by atoms with E-state index in [1.54, 1.807) is 14.2 Å². The van der Waals surface area contributed by atoms with Crippen LogP contribution in [0.5, 0.6) is 0 Å². The van der Waals surface area contributed by atoms with Crippen molar-refractivity contribution in [3.8, 4) is 0 Å². The highest BCUT2D eigenvalue weighted by Crippen LogP contribution is 2.38. The minimum absolute atomic E-state index is 0.0474. The first-order valence-electron chi connectivity index (χ1n) is 7.56. The molecule has 1 rings (SSSR count). The second-order valence-corrected chi connectivity index (χ2v) is 5.79. The third kappa shape index (κ3) is 5.63. The maximum Gasteiger partial charge on any atom is 0.310 e. The zero-order valence-electron chi connectivity index (χ0n) is 13.0. The molecule has 0 saturated heterocycles. The van der Waals surface area contributed by atoms with Crippen LogP contribution in [0.4, 0.5) is 0 Å². The van der Waals surface area contributed by atoms with Crippen LogP contribution in [0.2, 0.25) is 0 Å². The monoisotopic (exact) mass is 301 g/mol. The van der Waals surface area contributed by atoms with Crippen LogP contribution in [-0.2, 0) is 19.1 Å². The molecule has 1 saturated carbocycles. The first-order valence-corrected chi connectivity index (χ1v) is 7.56. The summed E-state index contributed by atoms with van der Waals surface area (Å²) in [5.41, 5.74) is -0.898. The third-order valence-electron chi connectivity index (χ3n) is 4.23. The number of carbonyl (C=O) groups excluding carboxylic acids is 1. The molecule has 1 aliphatic carbocycles. The summed E-state index contributed by atoms with van der Waals surface area (Å²) in [6, 6.07) is 0. The van der Waals surface area contributed by atoms with Crippen LogP contribution in [0.15, 0.2) is 0 Å². The number of hydrogen-bond donors (Lipinski definition) is 2. The Hall–Kier alpha value is -1.14. The van der Waals surface area contributed by atoms with Gasteiger partial charge >= 0.3 is 5.97 Å². The lowest BCUT2D eigenvalue weighted by molar-refractivity contribution is -0.153. The number of carboxylic acids is 1. The molecular weight excluding hydrogens is 274 g/mol. The van der Waals surface area contributed by atoms with Crippen LogP contribution < -0.4 is 5.32 Å². The lowest BCUT2D eigenvalue weighted by atomic mass is 9.77. The number of ether oxygens (including phenoxy) is 2. The van der Waals surface area contributed by atoms with E-state index in [1.165, 1.54) is 0 Å². The van der Waals surface area contributed by atoms with Gasteiger partial charge in [0, 0.05) is 27.2 Å². The third-order valence-corrected chi connectivity index (χ3v) is 4.23. The molecule has 6 nitrogen and oxygen atoms in total. The Labute approximate surface area is 126 Å². The van der Waals surface area contributed by atoms with Crippen LogP contribution in [0.3, 0.4) is 0 Å². The van der Waals surface area contributed by atoms with Gasteiger partial charge in [0.1, 0.15) is 0 Å². The van der Waals surface area contributed by atoms with E-state index in [-0.39, 0.29) is 18.4 Å². The van der Waals surface area contributed by atoms with Gasteiger partial charge in [0.15, 0.2) is 0 Å². The van der Waals surface area contributed by atoms with Crippen molar-refractivity contribution in [1.29, 1.82) is 0 Å². The number of nitrogens with one attached hydrogen (secondary N) is 1. The van der Waals surface area contributed by atoms with Crippen molar-refractivity contribution in [2.24, 2.45) is 5.41 Å². The molecule has 0 aromatic carbocycles. The molecule has 2 N–H and O–H groups in total. The molecule has 6 heteroatoms. The molecule has 1 atom stereocenters. The Kier molecular flexibility index (Phi) is 7.67. The van der Waals surface area contributed by atoms with E-state index in [0.29, 0.717) is 26.0 Å².